The molecule has 2 atom stereocenters. The Morgan fingerprint density at radius 1 is 1.44 bits per heavy atom. The molecule has 1 aliphatic rings. The zero-order valence-corrected chi connectivity index (χ0v) is 11.8. The summed E-state index contributed by atoms with van der Waals surface area (Å²) < 4.78 is 5.14. The maximum atomic E-state index is 12.0. The van der Waals surface area contributed by atoms with Crippen LogP contribution in [0.15, 0.2) is 0 Å². The minimum absolute atomic E-state index is 0.0903. The van der Waals surface area contributed by atoms with Crippen molar-refractivity contribution in [2.75, 3.05) is 19.7 Å². The predicted octanol–water partition coefficient (Wildman–Crippen LogP) is 2.02. The van der Waals surface area contributed by atoms with Gasteiger partial charge in [-0.3, -0.25) is 14.5 Å². The van der Waals surface area contributed by atoms with Crippen LogP contribution in [0.5, 0.6) is 0 Å². The van der Waals surface area contributed by atoms with Crippen molar-refractivity contribution >= 4 is 11.8 Å². The molecule has 1 fully saturated rings. The van der Waals surface area contributed by atoms with Crippen LogP contribution in [-0.2, 0) is 14.3 Å². The molecule has 1 saturated heterocycles. The molecular weight excluding hydrogens is 230 g/mol. The second-order valence-electron chi connectivity index (χ2n) is 4.87. The molecule has 2 unspecified atom stereocenters. The zero-order valence-electron chi connectivity index (χ0n) is 11.8. The van der Waals surface area contributed by atoms with Gasteiger partial charge in [0.25, 0.3) is 0 Å². The lowest BCUT2D eigenvalue weighted by Crippen LogP contribution is -2.49. The first kappa shape index (κ1) is 15.2. The summed E-state index contributed by atoms with van der Waals surface area (Å²) in [6, 6.07) is -0.169. The maximum Gasteiger partial charge on any atom is 0.323 e. The molecule has 0 bridgehead atoms. The molecule has 1 rings (SSSR count). The molecule has 0 N–H and O–H groups in total. The smallest absolute Gasteiger partial charge is 0.323 e. The number of ketones is 1. The summed E-state index contributed by atoms with van der Waals surface area (Å²) in [5, 5.41) is 0. The van der Waals surface area contributed by atoms with E-state index in [2.05, 4.69) is 11.8 Å². The summed E-state index contributed by atoms with van der Waals surface area (Å²) in [6.07, 6.45) is 3.18. The number of carbonyl (C=O) groups excluding carboxylic acids is 2. The van der Waals surface area contributed by atoms with Gasteiger partial charge in [0.05, 0.1) is 6.61 Å². The van der Waals surface area contributed by atoms with Crippen LogP contribution in [0.1, 0.15) is 46.5 Å². The van der Waals surface area contributed by atoms with Crippen LogP contribution in [-0.4, -0.2) is 42.4 Å². The van der Waals surface area contributed by atoms with E-state index in [-0.39, 0.29) is 17.9 Å². The van der Waals surface area contributed by atoms with Gasteiger partial charge in [0.2, 0.25) is 0 Å². The summed E-state index contributed by atoms with van der Waals surface area (Å²) >= 11 is 0. The highest BCUT2D eigenvalue weighted by atomic mass is 16.5. The van der Waals surface area contributed by atoms with Gasteiger partial charge in [0, 0.05) is 25.4 Å². The van der Waals surface area contributed by atoms with Crippen LogP contribution in [0.3, 0.4) is 0 Å². The van der Waals surface area contributed by atoms with E-state index in [0.717, 1.165) is 19.3 Å². The Morgan fingerprint density at radius 2 is 2.17 bits per heavy atom. The number of rotatable bonds is 6. The molecule has 0 aromatic rings. The molecule has 4 heteroatoms. The number of Topliss-reactive ketones (excluding diaryl/α,β-unsaturated/α-hetero) is 1. The van der Waals surface area contributed by atoms with Gasteiger partial charge in [-0.25, -0.2) is 0 Å². The van der Waals surface area contributed by atoms with Crippen molar-refractivity contribution in [2.24, 2.45) is 5.92 Å². The van der Waals surface area contributed by atoms with E-state index in [9.17, 15) is 9.59 Å². The molecule has 0 spiro atoms. The minimum atomic E-state index is -0.169. The van der Waals surface area contributed by atoms with E-state index in [1.54, 1.807) is 0 Å². The molecule has 0 aromatic heterocycles. The lowest BCUT2D eigenvalue weighted by Gasteiger charge is -2.36. The van der Waals surface area contributed by atoms with Crippen molar-refractivity contribution in [1.82, 2.24) is 4.90 Å². The SMILES string of the molecule is CCCC(C(=O)OCC)N1CCC(=O)C(CC)C1. The Bertz CT molecular complexity index is 291. The summed E-state index contributed by atoms with van der Waals surface area (Å²) in [5.41, 5.74) is 0. The van der Waals surface area contributed by atoms with E-state index in [0.29, 0.717) is 31.9 Å². The van der Waals surface area contributed by atoms with E-state index >= 15 is 0 Å². The second-order valence-corrected chi connectivity index (χ2v) is 4.87. The fourth-order valence-electron chi connectivity index (χ4n) is 2.54. The number of hydrogen-bond acceptors (Lipinski definition) is 4. The number of esters is 1. The summed E-state index contributed by atoms with van der Waals surface area (Å²) in [5.74, 6) is 0.295. The van der Waals surface area contributed by atoms with Crippen molar-refractivity contribution in [3.8, 4) is 0 Å². The monoisotopic (exact) mass is 255 g/mol. The van der Waals surface area contributed by atoms with E-state index in [4.69, 9.17) is 4.74 Å². The first-order valence-corrected chi connectivity index (χ1v) is 7.07. The van der Waals surface area contributed by atoms with Crippen molar-refractivity contribution in [3.63, 3.8) is 0 Å². The molecule has 18 heavy (non-hydrogen) atoms. The highest BCUT2D eigenvalue weighted by Crippen LogP contribution is 2.20. The molecule has 1 heterocycles. The van der Waals surface area contributed by atoms with Gasteiger partial charge in [-0.1, -0.05) is 20.3 Å². The number of carbonyl (C=O) groups is 2. The quantitative estimate of drug-likeness (QED) is 0.681. The normalized spacial score (nSPS) is 22.8. The topological polar surface area (TPSA) is 46.6 Å². The van der Waals surface area contributed by atoms with Crippen molar-refractivity contribution < 1.29 is 14.3 Å². The van der Waals surface area contributed by atoms with Gasteiger partial charge >= 0.3 is 5.97 Å². The molecule has 0 saturated carbocycles. The van der Waals surface area contributed by atoms with E-state index in [1.165, 1.54) is 0 Å². The van der Waals surface area contributed by atoms with Crippen LogP contribution in [0, 0.1) is 5.92 Å². The third-order valence-electron chi connectivity index (χ3n) is 3.61. The standard InChI is InChI=1S/C14H25NO3/c1-4-7-12(14(17)18-6-3)15-9-8-13(16)11(5-2)10-15/h11-12H,4-10H2,1-3H3. The van der Waals surface area contributed by atoms with Crippen LogP contribution < -0.4 is 0 Å². The fourth-order valence-corrected chi connectivity index (χ4v) is 2.54. The summed E-state index contributed by atoms with van der Waals surface area (Å²) in [4.78, 5) is 25.8. The molecule has 1 aliphatic heterocycles. The first-order chi connectivity index (χ1) is 8.63. The Morgan fingerprint density at radius 3 is 2.72 bits per heavy atom. The largest absolute Gasteiger partial charge is 0.465 e. The molecular formula is C14H25NO3. The Kier molecular flexibility index (Phi) is 6.33. The van der Waals surface area contributed by atoms with Crippen LogP contribution in [0.2, 0.25) is 0 Å². The van der Waals surface area contributed by atoms with E-state index in [1.807, 2.05) is 13.8 Å². The maximum absolute atomic E-state index is 12.0. The predicted molar refractivity (Wildman–Crippen MR) is 70.3 cm³/mol. The van der Waals surface area contributed by atoms with Gasteiger partial charge in [-0.2, -0.15) is 0 Å². The third-order valence-corrected chi connectivity index (χ3v) is 3.61. The van der Waals surface area contributed by atoms with Gasteiger partial charge < -0.3 is 4.74 Å². The average molecular weight is 255 g/mol. The second kappa shape index (κ2) is 7.52. The van der Waals surface area contributed by atoms with Crippen molar-refractivity contribution in [2.45, 2.75) is 52.5 Å². The molecule has 0 aromatic carbocycles. The van der Waals surface area contributed by atoms with Gasteiger partial charge in [0.15, 0.2) is 0 Å². The van der Waals surface area contributed by atoms with E-state index < -0.39 is 0 Å². The number of likely N-dealkylation sites (tertiary alicyclic amines) is 1. The lowest BCUT2D eigenvalue weighted by molar-refractivity contribution is -0.152. The van der Waals surface area contributed by atoms with Crippen molar-refractivity contribution in [3.05, 3.63) is 0 Å². The molecule has 0 amide bonds. The van der Waals surface area contributed by atoms with Crippen molar-refractivity contribution in [1.29, 1.82) is 0 Å². The zero-order chi connectivity index (χ0) is 13.5. The molecule has 0 aliphatic carbocycles. The van der Waals surface area contributed by atoms with Crippen LogP contribution in [0.4, 0.5) is 0 Å². The lowest BCUT2D eigenvalue weighted by atomic mass is 9.92. The van der Waals surface area contributed by atoms with Crippen LogP contribution >= 0.6 is 0 Å². The average Bonchev–Trinajstić information content (AvgIpc) is 2.37. The van der Waals surface area contributed by atoms with Crippen LogP contribution in [0.25, 0.3) is 0 Å². The Labute approximate surface area is 110 Å². The highest BCUT2D eigenvalue weighted by molar-refractivity contribution is 5.82. The molecule has 0 radical (unpaired) electrons. The Balaban J connectivity index is 2.67. The van der Waals surface area contributed by atoms with Gasteiger partial charge in [-0.05, 0) is 19.8 Å². The summed E-state index contributed by atoms with van der Waals surface area (Å²) in [7, 11) is 0. The van der Waals surface area contributed by atoms with Gasteiger partial charge in [-0.15, -0.1) is 0 Å². The number of piperidine rings is 1. The number of nitrogens with zero attached hydrogens (tertiary/aromatic N) is 1. The number of hydrogen-bond donors (Lipinski definition) is 0. The fraction of sp³-hybridized carbons (Fsp3) is 0.857. The molecule has 104 valence electrons. The Hall–Kier alpha value is -0.900. The summed E-state index contributed by atoms with van der Waals surface area (Å²) in [6.45, 7) is 7.75. The number of ether oxygens (including phenoxy) is 1. The minimum Gasteiger partial charge on any atom is -0.465 e. The first-order valence-electron chi connectivity index (χ1n) is 7.07. The molecule has 4 nitrogen and oxygen atoms in total. The third kappa shape index (κ3) is 3.80. The highest BCUT2D eigenvalue weighted by Gasteiger charge is 2.33. The van der Waals surface area contributed by atoms with Gasteiger partial charge in [0.1, 0.15) is 11.8 Å².